The van der Waals surface area contributed by atoms with Gasteiger partial charge >= 0.3 is 0 Å². The summed E-state index contributed by atoms with van der Waals surface area (Å²) in [6.07, 6.45) is 5.98. The third-order valence-electron chi connectivity index (χ3n) is 20.7. The fraction of sp³-hybridized carbons (Fsp3) is 0.0426. The number of hydrogen-bond acceptors (Lipinski definition) is 3. The van der Waals surface area contributed by atoms with E-state index >= 15 is 0 Å². The molecule has 18 aromatic rings. The van der Waals surface area contributed by atoms with E-state index in [4.69, 9.17) is 14.1 Å². The summed E-state index contributed by atoms with van der Waals surface area (Å²) in [6.45, 7) is 6.73. The molecule has 0 radical (unpaired) electrons. The Morgan fingerprint density at radius 1 is 0.382 bits per heavy atom. The molecule has 0 aliphatic rings. The van der Waals surface area contributed by atoms with Crippen molar-refractivity contribution in [3.8, 4) is 50.9 Å². The number of imidazole rings is 1. The molecule has 0 fully saturated rings. The second kappa shape index (κ2) is 25.4. The van der Waals surface area contributed by atoms with E-state index in [1.165, 1.54) is 47.1 Å². The van der Waals surface area contributed by atoms with Gasteiger partial charge in [-0.15, -0.1) is 0 Å². The Kier molecular flexibility index (Phi) is 15.4. The van der Waals surface area contributed by atoms with Crippen molar-refractivity contribution >= 4 is 112 Å². The molecule has 0 amide bonds. The molecule has 14 aromatic carbocycles. The van der Waals surface area contributed by atoms with Crippen LogP contribution < -0.4 is 50.8 Å². The molecule has 4 heterocycles. The van der Waals surface area contributed by atoms with Gasteiger partial charge in [0.25, 0.3) is 6.33 Å². The second-order valence-electron chi connectivity index (χ2n) is 27.5. The van der Waals surface area contributed by atoms with Gasteiger partial charge in [0.2, 0.25) is 0 Å². The number of pyridine rings is 1. The Labute approximate surface area is 595 Å². The van der Waals surface area contributed by atoms with Crippen LogP contribution in [0.2, 0.25) is 0 Å². The van der Waals surface area contributed by atoms with Gasteiger partial charge in [0, 0.05) is 33.8 Å². The van der Waals surface area contributed by atoms with Gasteiger partial charge in [-0.25, -0.2) is 4.98 Å². The molecule has 0 N–H and O–H groups in total. The van der Waals surface area contributed by atoms with Gasteiger partial charge in [-0.2, -0.15) is 0 Å². The van der Waals surface area contributed by atoms with Gasteiger partial charge in [0.1, 0.15) is 22.9 Å². The molecule has 486 valence electrons. The van der Waals surface area contributed by atoms with Crippen molar-refractivity contribution in [2.24, 2.45) is 0 Å². The maximum absolute atomic E-state index is 7.09. The molecule has 0 unspecified atom stereocenters. The zero-order valence-corrected chi connectivity index (χ0v) is 58.8. The highest BCUT2D eigenvalue weighted by molar-refractivity contribution is 7.20. The summed E-state index contributed by atoms with van der Waals surface area (Å²) in [6, 6.07) is 133. The first-order chi connectivity index (χ1) is 50.2. The number of ether oxygens (including phenoxy) is 1. The molecule has 0 saturated carbocycles. The molecular weight excluding hydrogens is 1270 g/mol. The van der Waals surface area contributed by atoms with Crippen LogP contribution in [0, 0.1) is 6.33 Å². The minimum Gasteiger partial charge on any atom is -0.458 e. The van der Waals surface area contributed by atoms with E-state index in [0.29, 0.717) is 11.5 Å². The average molecular weight is 1340 g/mol. The average Bonchev–Trinajstić information content (AvgIpc) is 1.37. The SMILES string of the molecule is CC(C)(C)c1ccnc(-n2c3cc(Oc4cccc(-n5[c-][n+](-c6c(-c7cccc([Si](c8ccccc8)(c8ccccc8)c8ccccc8)c7)cccc6-c6cccc([Si](c7ccccc7)(c7ccccc7)c7ccccc7)c6)c6ccccc65)c4)ccc3c3ccc4c5ccccc5oc4c32)c1. The van der Waals surface area contributed by atoms with Crippen LogP contribution in [0.15, 0.2) is 375 Å². The second-order valence-corrected chi connectivity index (χ2v) is 35.1. The molecule has 0 saturated heterocycles. The Morgan fingerprint density at radius 3 is 1.41 bits per heavy atom. The van der Waals surface area contributed by atoms with Gasteiger partial charge in [0.15, 0.2) is 21.7 Å². The van der Waals surface area contributed by atoms with Crippen LogP contribution in [0.5, 0.6) is 11.5 Å². The van der Waals surface area contributed by atoms with E-state index < -0.39 is 16.1 Å². The highest BCUT2D eigenvalue weighted by Crippen LogP contribution is 2.43. The zero-order valence-electron chi connectivity index (χ0n) is 56.8. The minimum absolute atomic E-state index is 0.109. The Balaban J connectivity index is 0.829. The quantitative estimate of drug-likeness (QED) is 0.0445. The fourth-order valence-electron chi connectivity index (χ4n) is 16.0. The molecule has 4 aromatic heterocycles. The van der Waals surface area contributed by atoms with Crippen molar-refractivity contribution in [3.63, 3.8) is 0 Å². The van der Waals surface area contributed by atoms with Crippen LogP contribution in [-0.2, 0) is 5.41 Å². The molecule has 8 heteroatoms. The number of aromatic nitrogens is 4. The monoisotopic (exact) mass is 1340 g/mol. The van der Waals surface area contributed by atoms with Crippen LogP contribution >= 0.6 is 0 Å². The summed E-state index contributed by atoms with van der Waals surface area (Å²) in [5.41, 5.74) is 12.9. The van der Waals surface area contributed by atoms with Crippen molar-refractivity contribution < 1.29 is 13.7 Å². The summed E-state index contributed by atoms with van der Waals surface area (Å²) < 4.78 is 20.7. The van der Waals surface area contributed by atoms with E-state index in [1.807, 2.05) is 24.4 Å². The molecule has 18 rings (SSSR count). The lowest BCUT2D eigenvalue weighted by molar-refractivity contribution is -0.571. The molecular formula is C94H70N4O2Si2. The number of para-hydroxylation sites is 4. The highest BCUT2D eigenvalue weighted by atomic mass is 28.3. The molecule has 0 aliphatic carbocycles. The van der Waals surface area contributed by atoms with Gasteiger partial charge in [0.05, 0.1) is 33.4 Å². The van der Waals surface area contributed by atoms with E-state index in [0.717, 1.165) is 94.2 Å². The van der Waals surface area contributed by atoms with E-state index in [2.05, 4.69) is 387 Å². The van der Waals surface area contributed by atoms with E-state index in [9.17, 15) is 0 Å². The van der Waals surface area contributed by atoms with Crippen molar-refractivity contribution in [2.45, 2.75) is 26.2 Å². The molecule has 0 atom stereocenters. The van der Waals surface area contributed by atoms with Crippen molar-refractivity contribution in [3.05, 3.63) is 382 Å². The first-order valence-electron chi connectivity index (χ1n) is 35.0. The van der Waals surface area contributed by atoms with Crippen molar-refractivity contribution in [1.29, 1.82) is 0 Å². The summed E-state index contributed by atoms with van der Waals surface area (Å²) in [5.74, 6) is 2.18. The molecule has 0 bridgehead atoms. The summed E-state index contributed by atoms with van der Waals surface area (Å²) >= 11 is 0. The Morgan fingerprint density at radius 2 is 0.853 bits per heavy atom. The topological polar surface area (TPSA) is 49.0 Å². The third kappa shape index (κ3) is 10.4. The zero-order chi connectivity index (χ0) is 68.4. The van der Waals surface area contributed by atoms with Crippen LogP contribution in [0.1, 0.15) is 26.3 Å². The lowest BCUT2D eigenvalue weighted by atomic mass is 9.88. The smallest absolute Gasteiger partial charge is 0.269 e. The number of furan rings is 1. The van der Waals surface area contributed by atoms with Crippen molar-refractivity contribution in [1.82, 2.24) is 14.1 Å². The normalized spacial score (nSPS) is 12.1. The Hall–Kier alpha value is -12.5. The first-order valence-corrected chi connectivity index (χ1v) is 39.0. The third-order valence-corrected chi connectivity index (χ3v) is 30.2. The molecule has 0 spiro atoms. The maximum Gasteiger partial charge on any atom is 0.269 e. The molecule has 6 nitrogen and oxygen atoms in total. The van der Waals surface area contributed by atoms with Gasteiger partial charge < -0.3 is 9.15 Å². The fourth-order valence-corrected chi connectivity index (χ4v) is 25.6. The number of nitrogens with zero attached hydrogens (tertiary/aromatic N) is 4. The summed E-state index contributed by atoms with van der Waals surface area (Å²) in [7, 11) is -5.96. The number of hydrogen-bond donors (Lipinski definition) is 0. The number of rotatable bonds is 15. The first kappa shape index (κ1) is 61.8. The van der Waals surface area contributed by atoms with Crippen LogP contribution in [0.3, 0.4) is 0 Å². The lowest BCUT2D eigenvalue weighted by Crippen LogP contribution is -2.74. The number of benzene rings is 14. The largest absolute Gasteiger partial charge is 0.458 e. The van der Waals surface area contributed by atoms with Gasteiger partial charge in [-0.3, -0.25) is 13.7 Å². The predicted octanol–water partition coefficient (Wildman–Crippen LogP) is 17.3. The van der Waals surface area contributed by atoms with Crippen LogP contribution in [0.4, 0.5) is 0 Å². The van der Waals surface area contributed by atoms with E-state index in [1.54, 1.807) is 0 Å². The van der Waals surface area contributed by atoms with Crippen LogP contribution in [0.25, 0.3) is 94.2 Å². The maximum atomic E-state index is 7.09. The number of fused-ring (bicyclic) bond motifs is 8. The van der Waals surface area contributed by atoms with E-state index in [-0.39, 0.29) is 5.41 Å². The summed E-state index contributed by atoms with van der Waals surface area (Å²) in [4.78, 5) is 5.08. The lowest BCUT2D eigenvalue weighted by Gasteiger charge is -2.35. The Bertz CT molecular complexity index is 5760. The van der Waals surface area contributed by atoms with Gasteiger partial charge in [-0.05, 0) is 129 Å². The van der Waals surface area contributed by atoms with Crippen molar-refractivity contribution in [2.75, 3.05) is 0 Å². The van der Waals surface area contributed by atoms with Gasteiger partial charge in [-0.1, -0.05) is 324 Å². The molecule has 102 heavy (non-hydrogen) atoms. The standard InChI is InChI=1S/C94H70N4O2Si2/c1-94(2,3)68-58-59-95-90(62-68)98-88-64-71(54-55-82(88)84-56-57-85-83-48-22-25-53-89(83)100-93(85)92(84)98)99-70-33-28-32-69(63-70)96-65-97(87-52-24-23-51-86(87)96)91-80(66-30-26-46-78(60-66)101(72-34-10-4-11-35-72,73-36-12-5-13-37-73)74-38-14-6-15-39-74)49-29-50-81(91)67-31-27-47-79(61-67)102(75-40-16-7-17-41-75,76-42-18-8-19-43-76)77-44-20-9-21-45-77/h4-64H,1-3H3. The van der Waals surface area contributed by atoms with Crippen LogP contribution in [-0.4, -0.2) is 30.3 Å². The molecule has 0 aliphatic heterocycles. The summed E-state index contributed by atoms with van der Waals surface area (Å²) in [5, 5.41) is 14.8. The highest BCUT2D eigenvalue weighted by Gasteiger charge is 2.43. The predicted molar refractivity (Wildman–Crippen MR) is 426 cm³/mol. The minimum atomic E-state index is -2.98.